The van der Waals surface area contributed by atoms with Crippen LogP contribution in [-0.2, 0) is 6.54 Å². The summed E-state index contributed by atoms with van der Waals surface area (Å²) in [5.41, 5.74) is 7.08. The second-order valence-electron chi connectivity index (χ2n) is 4.92. The molecule has 0 bridgehead atoms. The van der Waals surface area contributed by atoms with Crippen molar-refractivity contribution in [3.63, 3.8) is 0 Å². The Bertz CT molecular complexity index is 654. The zero-order chi connectivity index (χ0) is 15.2. The predicted molar refractivity (Wildman–Crippen MR) is 86.5 cm³/mol. The lowest BCUT2D eigenvalue weighted by atomic mass is 10.1. The summed E-state index contributed by atoms with van der Waals surface area (Å²) >= 11 is 1.67. The minimum Gasteiger partial charge on any atom is -0.320 e. The summed E-state index contributed by atoms with van der Waals surface area (Å²) in [6, 6.07) is 9.01. The van der Waals surface area contributed by atoms with Crippen molar-refractivity contribution in [2.75, 3.05) is 13.6 Å². The van der Waals surface area contributed by atoms with Gasteiger partial charge in [0.25, 0.3) is 0 Å². The molecule has 0 aliphatic carbocycles. The minimum atomic E-state index is -0.155. The molecule has 1 unspecified atom stereocenters. The first-order valence-corrected chi connectivity index (χ1v) is 7.70. The van der Waals surface area contributed by atoms with Gasteiger partial charge in [0.05, 0.1) is 6.54 Å². The van der Waals surface area contributed by atoms with Gasteiger partial charge >= 0.3 is 0 Å². The van der Waals surface area contributed by atoms with Crippen molar-refractivity contribution >= 4 is 11.3 Å². The average Bonchev–Trinajstić information content (AvgIpc) is 2.92. The van der Waals surface area contributed by atoms with E-state index in [9.17, 15) is 4.39 Å². The predicted octanol–water partition coefficient (Wildman–Crippen LogP) is 3.39. The third-order valence-electron chi connectivity index (χ3n) is 3.41. The Labute approximate surface area is 129 Å². The summed E-state index contributed by atoms with van der Waals surface area (Å²) in [6.07, 6.45) is 0. The van der Waals surface area contributed by atoms with Gasteiger partial charge in [0, 0.05) is 34.0 Å². The molecule has 0 radical (unpaired) electrons. The molecule has 0 spiro atoms. The van der Waals surface area contributed by atoms with Crippen molar-refractivity contribution in [1.29, 1.82) is 0 Å². The fourth-order valence-corrected chi connectivity index (χ4v) is 2.99. The molecule has 1 atom stereocenters. The molecule has 4 heteroatoms. The Hall–Kier alpha value is -1.67. The van der Waals surface area contributed by atoms with Gasteiger partial charge in [0.1, 0.15) is 5.82 Å². The minimum absolute atomic E-state index is 0.0203. The number of hydrogen-bond acceptors (Lipinski definition) is 3. The lowest BCUT2D eigenvalue weighted by Crippen LogP contribution is -2.22. The normalized spacial score (nSPS) is 12.0. The Morgan fingerprint density at radius 1 is 1.38 bits per heavy atom. The van der Waals surface area contributed by atoms with Crippen molar-refractivity contribution in [1.82, 2.24) is 4.90 Å². The van der Waals surface area contributed by atoms with Crippen molar-refractivity contribution < 1.29 is 4.39 Å². The molecule has 2 aromatic rings. The molecule has 1 heterocycles. The highest BCUT2D eigenvalue weighted by Crippen LogP contribution is 2.24. The molecule has 110 valence electrons. The highest BCUT2D eigenvalue weighted by molar-refractivity contribution is 7.10. The van der Waals surface area contributed by atoms with Crippen LogP contribution in [0.4, 0.5) is 4.39 Å². The summed E-state index contributed by atoms with van der Waals surface area (Å²) in [5, 5.41) is 2.03. The van der Waals surface area contributed by atoms with Crippen LogP contribution in [0.15, 0.2) is 35.7 Å². The Balaban J connectivity index is 2.05. The van der Waals surface area contributed by atoms with Crippen molar-refractivity contribution in [3.8, 4) is 11.8 Å². The maximum absolute atomic E-state index is 13.8. The van der Waals surface area contributed by atoms with Crippen LogP contribution >= 0.6 is 11.3 Å². The van der Waals surface area contributed by atoms with E-state index in [2.05, 4.69) is 22.8 Å². The van der Waals surface area contributed by atoms with Gasteiger partial charge in [-0.25, -0.2) is 4.39 Å². The van der Waals surface area contributed by atoms with E-state index in [-0.39, 0.29) is 11.9 Å². The van der Waals surface area contributed by atoms with Crippen molar-refractivity contribution in [3.05, 3.63) is 57.5 Å². The van der Waals surface area contributed by atoms with Crippen LogP contribution < -0.4 is 5.73 Å². The third-order valence-corrected chi connectivity index (χ3v) is 4.33. The van der Waals surface area contributed by atoms with E-state index in [1.54, 1.807) is 17.4 Å². The summed E-state index contributed by atoms with van der Waals surface area (Å²) in [6.45, 7) is 3.15. The van der Waals surface area contributed by atoms with Crippen LogP contribution in [0.1, 0.15) is 29.0 Å². The summed E-state index contributed by atoms with van der Waals surface area (Å²) < 4.78 is 13.8. The zero-order valence-corrected chi connectivity index (χ0v) is 13.1. The Kier molecular flexibility index (Phi) is 5.51. The van der Waals surface area contributed by atoms with Crippen molar-refractivity contribution in [2.24, 2.45) is 5.73 Å². The second kappa shape index (κ2) is 7.37. The molecule has 2 nitrogen and oxygen atoms in total. The summed E-state index contributed by atoms with van der Waals surface area (Å²) in [4.78, 5) is 3.34. The standard InChI is InChI=1S/C17H19FN2S/c1-13(16-7-3-4-8-17(16)18)20(2)11-15-10-14(12-21-15)6-5-9-19/h3-4,7-8,10,12-13H,9,11,19H2,1-2H3. The van der Waals surface area contributed by atoms with E-state index < -0.39 is 0 Å². The molecule has 0 fully saturated rings. The van der Waals surface area contributed by atoms with Crippen LogP contribution in [-0.4, -0.2) is 18.5 Å². The Morgan fingerprint density at radius 2 is 2.14 bits per heavy atom. The molecule has 1 aromatic carbocycles. The SMILES string of the molecule is CC(c1ccccc1F)N(C)Cc1cc(C#CCN)cs1. The monoisotopic (exact) mass is 302 g/mol. The molecule has 2 rings (SSSR count). The average molecular weight is 302 g/mol. The van der Waals surface area contributed by atoms with Gasteiger partial charge < -0.3 is 5.73 Å². The highest BCUT2D eigenvalue weighted by atomic mass is 32.1. The van der Waals surface area contributed by atoms with Gasteiger partial charge in [-0.3, -0.25) is 4.90 Å². The van der Waals surface area contributed by atoms with Gasteiger partial charge in [-0.1, -0.05) is 30.0 Å². The van der Waals surface area contributed by atoms with E-state index in [1.165, 1.54) is 10.9 Å². The Morgan fingerprint density at radius 3 is 2.86 bits per heavy atom. The van der Waals surface area contributed by atoms with E-state index >= 15 is 0 Å². The molecule has 21 heavy (non-hydrogen) atoms. The first-order chi connectivity index (χ1) is 10.1. The highest BCUT2D eigenvalue weighted by Gasteiger charge is 2.15. The number of rotatable bonds is 4. The fraction of sp³-hybridized carbons (Fsp3) is 0.294. The molecule has 1 aromatic heterocycles. The van der Waals surface area contributed by atoms with Gasteiger partial charge in [-0.15, -0.1) is 11.3 Å². The van der Waals surface area contributed by atoms with E-state index in [1.807, 2.05) is 31.5 Å². The summed E-state index contributed by atoms with van der Waals surface area (Å²) in [7, 11) is 2.00. The first kappa shape index (κ1) is 15.7. The maximum Gasteiger partial charge on any atom is 0.127 e. The summed E-state index contributed by atoms with van der Waals surface area (Å²) in [5.74, 6) is 5.72. The number of halogens is 1. The van der Waals surface area contributed by atoms with Crippen LogP contribution in [0.25, 0.3) is 0 Å². The van der Waals surface area contributed by atoms with E-state index in [0.717, 1.165) is 17.7 Å². The zero-order valence-electron chi connectivity index (χ0n) is 12.3. The molecule has 0 saturated carbocycles. The largest absolute Gasteiger partial charge is 0.320 e. The van der Waals surface area contributed by atoms with Crippen LogP contribution in [0.5, 0.6) is 0 Å². The van der Waals surface area contributed by atoms with Gasteiger partial charge in [-0.2, -0.15) is 0 Å². The molecule has 0 aliphatic heterocycles. The fourth-order valence-electron chi connectivity index (χ4n) is 2.12. The van der Waals surface area contributed by atoms with Crippen LogP contribution in [0.3, 0.4) is 0 Å². The number of thiophene rings is 1. The molecule has 0 aliphatic rings. The molecule has 0 amide bonds. The smallest absolute Gasteiger partial charge is 0.127 e. The number of nitrogens with two attached hydrogens (primary N) is 1. The number of nitrogens with zero attached hydrogens (tertiary/aromatic N) is 1. The lowest BCUT2D eigenvalue weighted by Gasteiger charge is -2.24. The second-order valence-corrected chi connectivity index (χ2v) is 5.92. The first-order valence-electron chi connectivity index (χ1n) is 6.83. The number of benzene rings is 1. The molecule has 0 saturated heterocycles. The number of hydrogen-bond donors (Lipinski definition) is 1. The van der Waals surface area contributed by atoms with Gasteiger partial charge in [0.15, 0.2) is 0 Å². The topological polar surface area (TPSA) is 29.3 Å². The maximum atomic E-state index is 13.8. The molecule has 2 N–H and O–H groups in total. The quantitative estimate of drug-likeness (QED) is 0.877. The molecular formula is C17H19FN2S. The van der Waals surface area contributed by atoms with Gasteiger partial charge in [0.2, 0.25) is 0 Å². The molecular weight excluding hydrogens is 283 g/mol. The third kappa shape index (κ3) is 4.15. The van der Waals surface area contributed by atoms with Crippen LogP contribution in [0, 0.1) is 17.7 Å². The van der Waals surface area contributed by atoms with Gasteiger partial charge in [-0.05, 0) is 26.1 Å². The van der Waals surface area contributed by atoms with E-state index in [4.69, 9.17) is 5.73 Å². The lowest BCUT2D eigenvalue weighted by molar-refractivity contribution is 0.250. The van der Waals surface area contributed by atoms with E-state index in [0.29, 0.717) is 6.54 Å². The van der Waals surface area contributed by atoms with Crippen LogP contribution in [0.2, 0.25) is 0 Å². The van der Waals surface area contributed by atoms with Crippen molar-refractivity contribution in [2.45, 2.75) is 19.5 Å².